The van der Waals surface area contributed by atoms with E-state index < -0.39 is 0 Å². The molecule has 0 saturated heterocycles. The first-order chi connectivity index (χ1) is 11.2. The second kappa shape index (κ2) is 6.48. The number of pyridine rings is 2. The van der Waals surface area contributed by atoms with Gasteiger partial charge in [0.15, 0.2) is 0 Å². The maximum atomic E-state index is 12.4. The SMILES string of the molecule is CCCOc1ccc(NC(=O)c2c[nH]c3cc(C)cnc23)nc1. The maximum Gasteiger partial charge on any atom is 0.260 e. The third-order valence-corrected chi connectivity index (χ3v) is 3.35. The van der Waals surface area contributed by atoms with Crippen LogP contribution in [-0.2, 0) is 0 Å². The molecule has 2 N–H and O–H groups in total. The normalized spacial score (nSPS) is 10.7. The Bertz CT molecular complexity index is 824. The number of hydrogen-bond acceptors (Lipinski definition) is 4. The fourth-order valence-electron chi connectivity index (χ4n) is 2.23. The lowest BCUT2D eigenvalue weighted by Gasteiger charge is -2.06. The molecule has 0 radical (unpaired) electrons. The highest BCUT2D eigenvalue weighted by atomic mass is 16.5. The van der Waals surface area contributed by atoms with Crippen molar-refractivity contribution in [1.29, 1.82) is 0 Å². The van der Waals surface area contributed by atoms with Crippen LogP contribution in [0.3, 0.4) is 0 Å². The van der Waals surface area contributed by atoms with Crippen LogP contribution in [0.1, 0.15) is 29.3 Å². The molecule has 1 amide bonds. The van der Waals surface area contributed by atoms with E-state index in [1.165, 1.54) is 0 Å². The highest BCUT2D eigenvalue weighted by Gasteiger charge is 2.14. The van der Waals surface area contributed by atoms with Gasteiger partial charge in [0.25, 0.3) is 5.91 Å². The van der Waals surface area contributed by atoms with Gasteiger partial charge in [0.1, 0.15) is 17.1 Å². The number of aromatic amines is 1. The summed E-state index contributed by atoms with van der Waals surface area (Å²) in [7, 11) is 0. The van der Waals surface area contributed by atoms with Crippen molar-refractivity contribution < 1.29 is 9.53 Å². The summed E-state index contributed by atoms with van der Waals surface area (Å²) in [6.45, 7) is 4.64. The predicted molar refractivity (Wildman–Crippen MR) is 88.8 cm³/mol. The number of aryl methyl sites for hydroxylation is 1. The summed E-state index contributed by atoms with van der Waals surface area (Å²) in [5, 5.41) is 2.77. The van der Waals surface area contributed by atoms with Crippen LogP contribution >= 0.6 is 0 Å². The summed E-state index contributed by atoms with van der Waals surface area (Å²) in [4.78, 5) is 24.0. The van der Waals surface area contributed by atoms with Crippen molar-refractivity contribution in [3.05, 3.63) is 47.9 Å². The van der Waals surface area contributed by atoms with Crippen molar-refractivity contribution in [2.45, 2.75) is 20.3 Å². The average Bonchev–Trinajstić information content (AvgIpc) is 2.97. The molecule has 0 atom stereocenters. The molecule has 3 aromatic rings. The van der Waals surface area contributed by atoms with Crippen molar-refractivity contribution in [2.75, 3.05) is 11.9 Å². The summed E-state index contributed by atoms with van der Waals surface area (Å²) < 4.78 is 5.47. The Balaban J connectivity index is 1.75. The molecule has 0 aliphatic heterocycles. The van der Waals surface area contributed by atoms with E-state index in [0.717, 1.165) is 17.5 Å². The standard InChI is InChI=1S/C17H18N4O2/c1-3-6-23-12-4-5-15(19-9-12)21-17(22)13-10-18-14-7-11(2)8-20-16(13)14/h4-5,7-10,18H,3,6H2,1-2H3,(H,19,21,22). The van der Waals surface area contributed by atoms with E-state index in [1.54, 1.807) is 30.7 Å². The number of hydrogen-bond donors (Lipinski definition) is 2. The second-order valence-electron chi connectivity index (χ2n) is 5.29. The van der Waals surface area contributed by atoms with Gasteiger partial charge in [-0.05, 0) is 37.1 Å². The fourth-order valence-corrected chi connectivity index (χ4v) is 2.23. The molecule has 6 nitrogen and oxygen atoms in total. The van der Waals surface area contributed by atoms with Crippen LogP contribution in [0, 0.1) is 6.92 Å². The minimum atomic E-state index is -0.248. The molecule has 118 valence electrons. The first-order valence-electron chi connectivity index (χ1n) is 7.51. The average molecular weight is 310 g/mol. The Morgan fingerprint density at radius 2 is 2.17 bits per heavy atom. The van der Waals surface area contributed by atoms with Crippen LogP contribution in [0.25, 0.3) is 11.0 Å². The van der Waals surface area contributed by atoms with E-state index in [-0.39, 0.29) is 5.91 Å². The Morgan fingerprint density at radius 1 is 1.30 bits per heavy atom. The summed E-state index contributed by atoms with van der Waals surface area (Å²) in [6, 6.07) is 5.46. The van der Waals surface area contributed by atoms with Crippen molar-refractivity contribution in [3.63, 3.8) is 0 Å². The monoisotopic (exact) mass is 310 g/mol. The van der Waals surface area contributed by atoms with E-state index in [9.17, 15) is 4.79 Å². The lowest BCUT2D eigenvalue weighted by molar-refractivity contribution is 0.102. The number of carbonyl (C=O) groups excluding carboxylic acids is 1. The predicted octanol–water partition coefficient (Wildman–Crippen LogP) is 3.31. The number of H-pyrrole nitrogens is 1. The number of aromatic nitrogens is 3. The molecule has 0 spiro atoms. The van der Waals surface area contributed by atoms with Crippen molar-refractivity contribution >= 4 is 22.8 Å². The number of ether oxygens (including phenoxy) is 1. The lowest BCUT2D eigenvalue weighted by Crippen LogP contribution is -2.12. The summed E-state index contributed by atoms with van der Waals surface area (Å²) in [5.74, 6) is 0.914. The topological polar surface area (TPSA) is 79.9 Å². The molecule has 3 heterocycles. The number of carbonyl (C=O) groups is 1. The number of anilines is 1. The molecule has 6 heteroatoms. The van der Waals surface area contributed by atoms with Gasteiger partial charge < -0.3 is 15.0 Å². The van der Waals surface area contributed by atoms with E-state index in [4.69, 9.17) is 4.74 Å². The summed E-state index contributed by atoms with van der Waals surface area (Å²) in [5.41, 5.74) is 3.02. The van der Waals surface area contributed by atoms with Gasteiger partial charge in [-0.2, -0.15) is 0 Å². The molecule has 23 heavy (non-hydrogen) atoms. The van der Waals surface area contributed by atoms with E-state index in [1.807, 2.05) is 19.9 Å². The third kappa shape index (κ3) is 3.31. The van der Waals surface area contributed by atoms with Gasteiger partial charge in [0.05, 0.1) is 23.9 Å². The number of fused-ring (bicyclic) bond motifs is 1. The molecular weight excluding hydrogens is 292 g/mol. The highest BCUT2D eigenvalue weighted by Crippen LogP contribution is 2.18. The molecule has 0 aliphatic rings. The van der Waals surface area contributed by atoms with E-state index in [2.05, 4.69) is 20.3 Å². The Morgan fingerprint density at radius 3 is 2.91 bits per heavy atom. The van der Waals surface area contributed by atoms with Crippen molar-refractivity contribution in [2.24, 2.45) is 0 Å². The Labute approximate surface area is 133 Å². The molecule has 3 aromatic heterocycles. The molecule has 0 aromatic carbocycles. The van der Waals surface area contributed by atoms with Crippen LogP contribution in [0.2, 0.25) is 0 Å². The van der Waals surface area contributed by atoms with Gasteiger partial charge in [-0.15, -0.1) is 0 Å². The number of nitrogens with zero attached hydrogens (tertiary/aromatic N) is 2. The van der Waals surface area contributed by atoms with Crippen LogP contribution in [0.4, 0.5) is 5.82 Å². The molecule has 0 fully saturated rings. The molecule has 0 aliphatic carbocycles. The Kier molecular flexibility index (Phi) is 4.23. The zero-order chi connectivity index (χ0) is 16.2. The van der Waals surface area contributed by atoms with Crippen LogP contribution in [-0.4, -0.2) is 27.5 Å². The summed E-state index contributed by atoms with van der Waals surface area (Å²) in [6.07, 6.45) is 5.93. The first-order valence-corrected chi connectivity index (χ1v) is 7.51. The molecular formula is C17H18N4O2. The molecule has 3 rings (SSSR count). The van der Waals surface area contributed by atoms with Crippen LogP contribution < -0.4 is 10.1 Å². The first kappa shape index (κ1) is 15.0. The minimum absolute atomic E-state index is 0.248. The molecule has 0 unspecified atom stereocenters. The second-order valence-corrected chi connectivity index (χ2v) is 5.29. The van der Waals surface area contributed by atoms with Gasteiger partial charge in [-0.3, -0.25) is 9.78 Å². The minimum Gasteiger partial charge on any atom is -0.492 e. The Hall–Kier alpha value is -2.89. The molecule has 0 bridgehead atoms. The van der Waals surface area contributed by atoms with E-state index in [0.29, 0.717) is 29.3 Å². The largest absolute Gasteiger partial charge is 0.492 e. The maximum absolute atomic E-state index is 12.4. The van der Waals surface area contributed by atoms with Gasteiger partial charge in [0.2, 0.25) is 0 Å². The quantitative estimate of drug-likeness (QED) is 0.757. The number of nitrogens with one attached hydrogen (secondary N) is 2. The van der Waals surface area contributed by atoms with Gasteiger partial charge in [-0.25, -0.2) is 4.98 Å². The zero-order valence-electron chi connectivity index (χ0n) is 13.1. The number of amides is 1. The van der Waals surface area contributed by atoms with Gasteiger partial charge in [0, 0.05) is 12.4 Å². The highest BCUT2D eigenvalue weighted by molar-refractivity contribution is 6.11. The van der Waals surface area contributed by atoms with Gasteiger partial charge in [-0.1, -0.05) is 6.92 Å². The van der Waals surface area contributed by atoms with E-state index >= 15 is 0 Å². The summed E-state index contributed by atoms with van der Waals surface area (Å²) >= 11 is 0. The number of rotatable bonds is 5. The van der Waals surface area contributed by atoms with Crippen molar-refractivity contribution in [3.8, 4) is 5.75 Å². The van der Waals surface area contributed by atoms with Gasteiger partial charge >= 0.3 is 0 Å². The molecule has 0 saturated carbocycles. The van der Waals surface area contributed by atoms with Crippen LogP contribution in [0.15, 0.2) is 36.8 Å². The van der Waals surface area contributed by atoms with Crippen LogP contribution in [0.5, 0.6) is 5.75 Å². The lowest BCUT2D eigenvalue weighted by atomic mass is 10.2. The fraction of sp³-hybridized carbons (Fsp3) is 0.235. The zero-order valence-corrected chi connectivity index (χ0v) is 13.1. The smallest absolute Gasteiger partial charge is 0.260 e. The third-order valence-electron chi connectivity index (χ3n) is 3.35. The van der Waals surface area contributed by atoms with Crippen molar-refractivity contribution in [1.82, 2.24) is 15.0 Å².